The molecule has 0 aliphatic rings. The average Bonchev–Trinajstić information content (AvgIpc) is 2.78. The molecule has 0 atom stereocenters. The molecule has 6 nitrogen and oxygen atoms in total. The fourth-order valence-electron chi connectivity index (χ4n) is 3.94. The summed E-state index contributed by atoms with van der Waals surface area (Å²) in [4.78, 5) is 20.7. The minimum atomic E-state index is -3.32. The van der Waals surface area contributed by atoms with Gasteiger partial charge in [-0.1, -0.05) is 42.1 Å². The highest BCUT2D eigenvalue weighted by molar-refractivity contribution is 7.99. The zero-order valence-corrected chi connectivity index (χ0v) is 21.4. The molecule has 1 aromatic heterocycles. The minimum absolute atomic E-state index is 0.0486. The van der Waals surface area contributed by atoms with Crippen LogP contribution >= 0.6 is 11.8 Å². The topological polar surface area (TPSA) is 72.3 Å². The van der Waals surface area contributed by atoms with E-state index in [4.69, 9.17) is 4.98 Å². The number of sulfone groups is 1. The second-order valence-electron chi connectivity index (χ2n) is 8.63. The van der Waals surface area contributed by atoms with E-state index in [1.165, 1.54) is 11.8 Å². The molecule has 0 aliphatic heterocycles. The van der Waals surface area contributed by atoms with Gasteiger partial charge in [0.15, 0.2) is 15.0 Å². The van der Waals surface area contributed by atoms with Crippen molar-refractivity contribution in [2.45, 2.75) is 62.8 Å². The molecule has 8 heteroatoms. The Bertz CT molecular complexity index is 1210. The maximum Gasteiger partial charge on any atom is 0.262 e. The highest BCUT2D eigenvalue weighted by atomic mass is 32.2. The first-order chi connectivity index (χ1) is 15.7. The molecule has 0 aliphatic carbocycles. The Morgan fingerprint density at radius 1 is 0.970 bits per heavy atom. The van der Waals surface area contributed by atoms with Crippen molar-refractivity contribution in [3.05, 3.63) is 65.0 Å². The molecule has 1 heterocycles. The van der Waals surface area contributed by atoms with E-state index in [0.717, 1.165) is 6.54 Å². The first-order valence-corrected chi connectivity index (χ1v) is 14.0. The molecule has 0 spiro atoms. The van der Waals surface area contributed by atoms with Crippen LogP contribution in [-0.4, -0.2) is 53.0 Å². The van der Waals surface area contributed by atoms with Crippen molar-refractivity contribution >= 4 is 32.5 Å². The van der Waals surface area contributed by atoms with Crippen LogP contribution < -0.4 is 5.56 Å². The molecule has 3 aromatic rings. The van der Waals surface area contributed by atoms with Crippen LogP contribution in [0.2, 0.25) is 0 Å². The maximum absolute atomic E-state index is 13.3. The van der Waals surface area contributed by atoms with Gasteiger partial charge < -0.3 is 0 Å². The van der Waals surface area contributed by atoms with E-state index in [1.807, 2.05) is 24.3 Å². The van der Waals surface area contributed by atoms with Crippen molar-refractivity contribution in [2.75, 3.05) is 18.1 Å². The average molecular weight is 488 g/mol. The lowest BCUT2D eigenvalue weighted by atomic mass is 10.2. The van der Waals surface area contributed by atoms with E-state index in [-0.39, 0.29) is 11.3 Å². The summed E-state index contributed by atoms with van der Waals surface area (Å²) in [6, 6.07) is 16.6. The number of hydrogen-bond donors (Lipinski definition) is 0. The number of aromatic nitrogens is 2. The quantitative estimate of drug-likeness (QED) is 0.226. The third-order valence-electron chi connectivity index (χ3n) is 5.63. The van der Waals surface area contributed by atoms with Crippen LogP contribution in [0.25, 0.3) is 10.9 Å². The third kappa shape index (κ3) is 6.46. The van der Waals surface area contributed by atoms with Crippen molar-refractivity contribution in [2.24, 2.45) is 0 Å². The lowest BCUT2D eigenvalue weighted by Crippen LogP contribution is -2.40. The van der Waals surface area contributed by atoms with Gasteiger partial charge in [-0.05, 0) is 58.4 Å². The number of fused-ring (bicyclic) bond motifs is 1. The van der Waals surface area contributed by atoms with Crippen LogP contribution in [0.15, 0.2) is 69.4 Å². The van der Waals surface area contributed by atoms with Crippen LogP contribution in [0.4, 0.5) is 0 Å². The summed E-state index contributed by atoms with van der Waals surface area (Å²) in [6.07, 6.45) is 0.481. The fourth-order valence-corrected chi connectivity index (χ4v) is 6.42. The Morgan fingerprint density at radius 3 is 2.27 bits per heavy atom. The molecule has 0 N–H and O–H groups in total. The van der Waals surface area contributed by atoms with Crippen LogP contribution in [-0.2, 0) is 16.4 Å². The minimum Gasteiger partial charge on any atom is -0.297 e. The van der Waals surface area contributed by atoms with E-state index >= 15 is 0 Å². The molecule has 2 aromatic carbocycles. The van der Waals surface area contributed by atoms with Gasteiger partial charge in [-0.2, -0.15) is 0 Å². The van der Waals surface area contributed by atoms with E-state index < -0.39 is 9.84 Å². The summed E-state index contributed by atoms with van der Waals surface area (Å²) >= 11 is 1.45. The van der Waals surface area contributed by atoms with Gasteiger partial charge in [0.1, 0.15) is 0 Å². The summed E-state index contributed by atoms with van der Waals surface area (Å²) in [6.45, 7) is 9.91. The van der Waals surface area contributed by atoms with E-state index in [0.29, 0.717) is 51.8 Å². The van der Waals surface area contributed by atoms with Crippen molar-refractivity contribution in [1.29, 1.82) is 0 Å². The Balaban J connectivity index is 1.78. The fraction of sp³-hybridized carbons (Fsp3) is 0.440. The zero-order chi connectivity index (χ0) is 24.0. The molecule has 3 rings (SSSR count). The SMILES string of the molecule is CC(C)N(CCn1c(SCCCS(=O)(=O)c2ccccc2)nc2ccccc2c1=O)C(C)C. The first kappa shape index (κ1) is 25.5. The zero-order valence-electron chi connectivity index (χ0n) is 19.8. The van der Waals surface area contributed by atoms with Gasteiger partial charge in [-0.25, -0.2) is 13.4 Å². The van der Waals surface area contributed by atoms with Crippen LogP contribution in [0.5, 0.6) is 0 Å². The standard InChI is InChI=1S/C25H33N3O3S2/c1-19(2)27(20(3)4)15-16-28-24(29)22-13-8-9-14-23(22)26-25(28)32-17-10-18-33(30,31)21-11-6-5-7-12-21/h5-9,11-14,19-20H,10,15-18H2,1-4H3. The molecule has 33 heavy (non-hydrogen) atoms. The molecule has 0 amide bonds. The normalized spacial score (nSPS) is 12.3. The molecule has 0 fully saturated rings. The smallest absolute Gasteiger partial charge is 0.262 e. The predicted molar refractivity (Wildman–Crippen MR) is 137 cm³/mol. The highest BCUT2D eigenvalue weighted by Gasteiger charge is 2.17. The number of rotatable bonds is 11. The molecule has 0 unspecified atom stereocenters. The molecular formula is C25H33N3O3S2. The Labute approximate surface area is 201 Å². The predicted octanol–water partition coefficient (Wildman–Crippen LogP) is 4.47. The molecular weight excluding hydrogens is 454 g/mol. The highest BCUT2D eigenvalue weighted by Crippen LogP contribution is 2.20. The second-order valence-corrected chi connectivity index (χ2v) is 11.8. The monoisotopic (exact) mass is 487 g/mol. The molecule has 0 saturated carbocycles. The summed E-state index contributed by atoms with van der Waals surface area (Å²) in [5, 5.41) is 1.25. The van der Waals surface area contributed by atoms with E-state index in [1.54, 1.807) is 34.9 Å². The molecule has 178 valence electrons. The van der Waals surface area contributed by atoms with Crippen LogP contribution in [0.3, 0.4) is 0 Å². The van der Waals surface area contributed by atoms with Crippen molar-refractivity contribution in [3.8, 4) is 0 Å². The van der Waals surface area contributed by atoms with Gasteiger partial charge in [-0.15, -0.1) is 0 Å². The number of benzene rings is 2. The Hall–Kier alpha value is -2.16. The van der Waals surface area contributed by atoms with Gasteiger partial charge >= 0.3 is 0 Å². The van der Waals surface area contributed by atoms with Crippen molar-refractivity contribution in [1.82, 2.24) is 14.5 Å². The largest absolute Gasteiger partial charge is 0.297 e. The second kappa shape index (κ2) is 11.3. The third-order valence-corrected chi connectivity index (χ3v) is 8.51. The van der Waals surface area contributed by atoms with E-state index in [2.05, 4.69) is 32.6 Å². The number of hydrogen-bond acceptors (Lipinski definition) is 6. The summed E-state index contributed by atoms with van der Waals surface area (Å²) in [5.74, 6) is 0.630. The lowest BCUT2D eigenvalue weighted by molar-refractivity contribution is 0.166. The van der Waals surface area contributed by atoms with Crippen LogP contribution in [0, 0.1) is 0 Å². The van der Waals surface area contributed by atoms with Gasteiger partial charge in [0.05, 0.1) is 21.6 Å². The van der Waals surface area contributed by atoms with E-state index in [9.17, 15) is 13.2 Å². The number of nitrogens with zero attached hydrogens (tertiary/aromatic N) is 3. The van der Waals surface area contributed by atoms with Crippen LogP contribution in [0.1, 0.15) is 34.1 Å². The van der Waals surface area contributed by atoms with Gasteiger partial charge in [0, 0.05) is 30.9 Å². The lowest BCUT2D eigenvalue weighted by Gasteiger charge is -2.30. The molecule has 0 radical (unpaired) electrons. The number of thioether (sulfide) groups is 1. The van der Waals surface area contributed by atoms with Crippen molar-refractivity contribution < 1.29 is 8.42 Å². The number of para-hydroxylation sites is 1. The first-order valence-electron chi connectivity index (χ1n) is 11.4. The summed E-state index contributed by atoms with van der Waals surface area (Å²) < 4.78 is 26.9. The molecule has 0 saturated heterocycles. The molecule has 0 bridgehead atoms. The van der Waals surface area contributed by atoms with Gasteiger partial charge in [0.2, 0.25) is 0 Å². The maximum atomic E-state index is 13.3. The Kier molecular flexibility index (Phi) is 8.73. The Morgan fingerprint density at radius 2 is 1.61 bits per heavy atom. The summed E-state index contributed by atoms with van der Waals surface area (Å²) in [7, 11) is -3.32. The van der Waals surface area contributed by atoms with Gasteiger partial charge in [0.25, 0.3) is 5.56 Å². The summed E-state index contributed by atoms with van der Waals surface area (Å²) in [5.41, 5.74) is 0.621. The van der Waals surface area contributed by atoms with Gasteiger partial charge in [-0.3, -0.25) is 14.3 Å². The van der Waals surface area contributed by atoms with Crippen molar-refractivity contribution in [3.63, 3.8) is 0 Å².